The smallest absolute Gasteiger partial charge is 0.373 e. The Balaban J connectivity index is 2.29. The first kappa shape index (κ1) is 55.1. The van der Waals surface area contributed by atoms with Gasteiger partial charge in [0.1, 0.15) is 0 Å². The van der Waals surface area contributed by atoms with Crippen LogP contribution >= 0.6 is 11.8 Å². The van der Waals surface area contributed by atoms with Gasteiger partial charge in [0.15, 0.2) is 5.12 Å². The average molecular weight is 841 g/mol. The second-order valence-corrected chi connectivity index (χ2v) is 21.8. The Labute approximate surface area is 362 Å². The van der Waals surface area contributed by atoms with Crippen molar-refractivity contribution >= 4 is 25.7 Å². The van der Waals surface area contributed by atoms with E-state index in [0.29, 0.717) is 11.0 Å². The van der Waals surface area contributed by atoms with Gasteiger partial charge in [-0.2, -0.15) is 0 Å². The molecule has 5 nitrogen and oxygen atoms in total. The van der Waals surface area contributed by atoms with Gasteiger partial charge in [-0.25, -0.2) is 5.48 Å². The van der Waals surface area contributed by atoms with Crippen LogP contribution in [0.5, 0.6) is 0 Å². The van der Waals surface area contributed by atoms with Crippen LogP contribution in [0.3, 0.4) is 0 Å². The van der Waals surface area contributed by atoms with Gasteiger partial charge >= 0.3 is 8.80 Å². The molecular weight excluding hydrogens is 739 g/mol. The third-order valence-electron chi connectivity index (χ3n) is 12.4. The first-order chi connectivity index (χ1) is 28.2. The number of hydrogen-bond acceptors (Lipinski definition) is 6. The lowest BCUT2D eigenvalue weighted by Crippen LogP contribution is -2.52. The van der Waals surface area contributed by atoms with Crippen molar-refractivity contribution in [3.05, 3.63) is 0 Å². The van der Waals surface area contributed by atoms with Crippen molar-refractivity contribution in [2.75, 3.05) is 25.5 Å². The van der Waals surface area contributed by atoms with Crippen LogP contribution in [0.25, 0.3) is 0 Å². The molecule has 0 spiro atoms. The molecule has 1 fully saturated rings. The molecule has 1 N–H and O–H groups in total. The summed E-state index contributed by atoms with van der Waals surface area (Å²) in [7, 11) is -2.83. The standard InChI is InChI=1S/C50H101NO4SSi/c1-4-7-10-13-16-19-22-24-26-28-31-34-37-41-49-43-45-54-57(55-51-48-49,53-44-39-36-33-30-21-18-15-12-9-6-3)47-40-46-56-50(52)42-38-35-32-29-27-25-23-20-17-14-11-8-5-2/h49,51H,4-48H2,1-3H3. The fourth-order valence-corrected chi connectivity index (χ4v) is 11.8. The summed E-state index contributed by atoms with van der Waals surface area (Å²) in [5, 5.41) is 0.355. The van der Waals surface area contributed by atoms with E-state index < -0.39 is 8.80 Å². The van der Waals surface area contributed by atoms with Gasteiger partial charge in [0.25, 0.3) is 0 Å². The number of hydrogen-bond donors (Lipinski definition) is 1. The normalized spacial score (nSPS) is 17.6. The number of carbonyl (C=O) groups is 1. The van der Waals surface area contributed by atoms with E-state index in [4.69, 9.17) is 13.4 Å². The first-order valence-electron chi connectivity index (χ1n) is 26.0. The van der Waals surface area contributed by atoms with Gasteiger partial charge in [0.05, 0.1) is 0 Å². The summed E-state index contributed by atoms with van der Waals surface area (Å²) in [6, 6.07) is 0.792. The zero-order valence-corrected chi connectivity index (χ0v) is 40.8. The maximum Gasteiger partial charge on any atom is 0.517 e. The van der Waals surface area contributed by atoms with Crippen LogP contribution in [-0.4, -0.2) is 39.4 Å². The highest BCUT2D eigenvalue weighted by molar-refractivity contribution is 8.13. The molecule has 1 heterocycles. The summed E-state index contributed by atoms with van der Waals surface area (Å²) >= 11 is 1.52. The average Bonchev–Trinajstić information content (AvgIpc) is 3.20. The molecule has 0 radical (unpaired) electrons. The molecule has 1 aliphatic heterocycles. The molecule has 0 aromatic carbocycles. The summed E-state index contributed by atoms with van der Waals surface area (Å²) in [5.41, 5.74) is 3.37. The van der Waals surface area contributed by atoms with Crippen LogP contribution < -0.4 is 5.48 Å². The number of carbonyl (C=O) groups excluding carboxylic acids is 1. The van der Waals surface area contributed by atoms with Crippen molar-refractivity contribution in [2.24, 2.45) is 5.92 Å². The maximum absolute atomic E-state index is 12.7. The SMILES string of the molecule is CCCCCCCCCCCCCCCC(=O)SCCC[Si]1(OCCCCCCCCCCCC)OCCC(CCCCCCCCCCCCCCC)CNO1. The lowest BCUT2D eigenvalue weighted by atomic mass is 9.97. The summed E-state index contributed by atoms with van der Waals surface area (Å²) in [6.45, 7) is 9.23. The van der Waals surface area contributed by atoms with Gasteiger partial charge in [0.2, 0.25) is 0 Å². The molecule has 0 aromatic heterocycles. The third-order valence-corrected chi connectivity index (χ3v) is 16.1. The van der Waals surface area contributed by atoms with E-state index in [1.807, 2.05) is 0 Å². The van der Waals surface area contributed by atoms with E-state index in [1.54, 1.807) is 0 Å². The van der Waals surface area contributed by atoms with Crippen LogP contribution in [0.15, 0.2) is 0 Å². The fourth-order valence-electron chi connectivity index (χ4n) is 8.40. The van der Waals surface area contributed by atoms with Crippen molar-refractivity contribution in [2.45, 2.75) is 284 Å². The quantitative estimate of drug-likeness (QED) is 0.0487. The highest BCUT2D eigenvalue weighted by Crippen LogP contribution is 2.25. The Kier molecular flexibility index (Phi) is 42.7. The molecule has 0 aliphatic carbocycles. The molecule has 0 bridgehead atoms. The van der Waals surface area contributed by atoms with Crippen LogP contribution in [0.4, 0.5) is 0 Å². The van der Waals surface area contributed by atoms with Crippen LogP contribution in [0.2, 0.25) is 6.04 Å². The summed E-state index contributed by atoms with van der Waals surface area (Å²) in [5.74, 6) is 1.44. The maximum atomic E-state index is 12.7. The number of thioether (sulfide) groups is 1. The van der Waals surface area contributed by atoms with Crippen molar-refractivity contribution in [3.63, 3.8) is 0 Å². The molecule has 1 aliphatic rings. The third kappa shape index (κ3) is 37.6. The van der Waals surface area contributed by atoms with Crippen molar-refractivity contribution < 1.29 is 18.2 Å². The molecule has 0 aromatic rings. The fraction of sp³-hybridized carbons (Fsp3) is 0.980. The van der Waals surface area contributed by atoms with Crippen molar-refractivity contribution in [1.82, 2.24) is 5.48 Å². The van der Waals surface area contributed by atoms with Crippen molar-refractivity contribution in [1.29, 1.82) is 0 Å². The summed E-state index contributed by atoms with van der Waals surface area (Å²) in [4.78, 5) is 12.7. The van der Waals surface area contributed by atoms with Gasteiger partial charge < -0.3 is 8.85 Å². The largest absolute Gasteiger partial charge is 0.517 e. The molecule has 57 heavy (non-hydrogen) atoms. The van der Waals surface area contributed by atoms with Crippen LogP contribution in [0.1, 0.15) is 278 Å². The number of unbranched alkanes of at least 4 members (excludes halogenated alkanes) is 33. The molecule has 1 rings (SSSR count). The van der Waals surface area contributed by atoms with Crippen LogP contribution in [0, 0.1) is 5.92 Å². The molecular formula is C50H101NO4SSi. The van der Waals surface area contributed by atoms with Gasteiger partial charge in [-0.05, 0) is 38.0 Å². The predicted octanol–water partition coefficient (Wildman–Crippen LogP) is 17.0. The van der Waals surface area contributed by atoms with E-state index in [2.05, 4.69) is 26.3 Å². The Hall–Kier alpha value is 0.0769. The topological polar surface area (TPSA) is 56.8 Å². The number of rotatable bonds is 44. The monoisotopic (exact) mass is 840 g/mol. The minimum Gasteiger partial charge on any atom is -0.373 e. The van der Waals surface area contributed by atoms with Gasteiger partial charge in [-0.3, -0.25) is 9.32 Å². The van der Waals surface area contributed by atoms with Crippen LogP contribution in [-0.2, 0) is 18.2 Å². The minimum absolute atomic E-state index is 0.355. The zero-order chi connectivity index (χ0) is 41.0. The Morgan fingerprint density at radius 1 is 0.544 bits per heavy atom. The van der Waals surface area contributed by atoms with E-state index in [-0.39, 0.29) is 0 Å². The lowest BCUT2D eigenvalue weighted by molar-refractivity contribution is -0.111. The predicted molar refractivity (Wildman–Crippen MR) is 254 cm³/mol. The summed E-state index contributed by atoms with van der Waals surface area (Å²) < 4.78 is 19.6. The van der Waals surface area contributed by atoms with Gasteiger partial charge in [-0.1, -0.05) is 251 Å². The van der Waals surface area contributed by atoms with E-state index in [9.17, 15) is 4.79 Å². The Morgan fingerprint density at radius 2 is 0.947 bits per heavy atom. The number of nitrogens with one attached hydrogen (secondary N) is 1. The molecule has 1 saturated heterocycles. The van der Waals surface area contributed by atoms with E-state index >= 15 is 0 Å². The lowest BCUT2D eigenvalue weighted by Gasteiger charge is -2.33. The highest BCUT2D eigenvalue weighted by Gasteiger charge is 2.42. The van der Waals surface area contributed by atoms with E-state index in [1.165, 1.54) is 236 Å². The Bertz CT molecular complexity index is 809. The number of hydroxylamine groups is 1. The molecule has 0 saturated carbocycles. The second kappa shape index (κ2) is 44.1. The highest BCUT2D eigenvalue weighted by atomic mass is 32.2. The minimum atomic E-state index is -2.83. The summed E-state index contributed by atoms with van der Waals surface area (Å²) in [6.07, 6.45) is 52.8. The van der Waals surface area contributed by atoms with E-state index in [0.717, 1.165) is 63.7 Å². The first-order valence-corrected chi connectivity index (χ1v) is 28.9. The molecule has 7 heteroatoms. The second-order valence-electron chi connectivity index (χ2n) is 18.0. The molecule has 2 unspecified atom stereocenters. The van der Waals surface area contributed by atoms with Gasteiger partial charge in [0, 0.05) is 38.0 Å². The Morgan fingerprint density at radius 3 is 1.40 bits per heavy atom. The zero-order valence-electron chi connectivity index (χ0n) is 38.9. The van der Waals surface area contributed by atoms with Crippen molar-refractivity contribution in [3.8, 4) is 0 Å². The molecule has 340 valence electrons. The molecule has 0 amide bonds. The molecule has 2 atom stereocenters. The van der Waals surface area contributed by atoms with Gasteiger partial charge in [-0.15, -0.1) is 0 Å².